The van der Waals surface area contributed by atoms with E-state index in [2.05, 4.69) is 17.6 Å². The second-order valence-electron chi connectivity index (χ2n) is 8.84. The van der Waals surface area contributed by atoms with Gasteiger partial charge in [0.2, 0.25) is 11.8 Å². The summed E-state index contributed by atoms with van der Waals surface area (Å²) in [4.78, 5) is 39.9. The highest BCUT2D eigenvalue weighted by molar-refractivity contribution is 8.00. The van der Waals surface area contributed by atoms with Crippen molar-refractivity contribution in [3.63, 3.8) is 0 Å². The van der Waals surface area contributed by atoms with Gasteiger partial charge in [-0.1, -0.05) is 19.9 Å². The van der Waals surface area contributed by atoms with Crippen LogP contribution in [0.1, 0.15) is 60.3 Å². The van der Waals surface area contributed by atoms with Crippen LogP contribution >= 0.6 is 23.1 Å². The van der Waals surface area contributed by atoms with E-state index >= 15 is 0 Å². The summed E-state index contributed by atoms with van der Waals surface area (Å²) in [5.74, 6) is 0.244. The van der Waals surface area contributed by atoms with Crippen molar-refractivity contribution in [2.45, 2.75) is 62.5 Å². The van der Waals surface area contributed by atoms with Crippen LogP contribution in [0, 0.1) is 11.8 Å². The first-order valence-corrected chi connectivity index (χ1v) is 13.2. The lowest BCUT2D eigenvalue weighted by molar-refractivity contribution is -0.117. The molecule has 2 N–H and O–H groups in total. The van der Waals surface area contributed by atoms with E-state index in [-0.39, 0.29) is 23.0 Å². The summed E-state index contributed by atoms with van der Waals surface area (Å²) in [6, 6.07) is 7.61. The Hall–Kier alpha value is -2.32. The van der Waals surface area contributed by atoms with Crippen LogP contribution in [0.4, 0.5) is 10.7 Å². The monoisotopic (exact) mass is 486 g/mol. The Labute approximate surface area is 202 Å². The third kappa shape index (κ3) is 5.61. The third-order valence-corrected chi connectivity index (χ3v) is 8.66. The van der Waals surface area contributed by atoms with Crippen molar-refractivity contribution in [2.75, 3.05) is 17.7 Å². The molecule has 8 heteroatoms. The average Bonchev–Trinajstić information content (AvgIpc) is 3.59. The number of benzene rings is 1. The zero-order chi connectivity index (χ0) is 23.5. The van der Waals surface area contributed by atoms with Crippen LogP contribution in [0.5, 0.6) is 0 Å². The van der Waals surface area contributed by atoms with Crippen molar-refractivity contribution in [1.82, 2.24) is 0 Å². The summed E-state index contributed by atoms with van der Waals surface area (Å²) in [6.45, 7) is 4.18. The molecule has 2 aliphatic rings. The highest BCUT2D eigenvalue weighted by Crippen LogP contribution is 2.40. The topological polar surface area (TPSA) is 84.5 Å². The quantitative estimate of drug-likeness (QED) is 0.379. The van der Waals surface area contributed by atoms with E-state index in [0.29, 0.717) is 22.9 Å². The molecule has 1 aromatic heterocycles. The molecule has 33 heavy (non-hydrogen) atoms. The number of hydrogen-bond acceptors (Lipinski definition) is 6. The fraction of sp³-hybridized carbons (Fsp3) is 0.480. The number of anilines is 2. The van der Waals surface area contributed by atoms with Crippen LogP contribution in [-0.4, -0.2) is 30.1 Å². The van der Waals surface area contributed by atoms with Gasteiger partial charge in [-0.2, -0.15) is 0 Å². The Bertz CT molecular complexity index is 1060. The van der Waals surface area contributed by atoms with Gasteiger partial charge in [0.05, 0.1) is 17.9 Å². The minimum absolute atomic E-state index is 0.0632. The van der Waals surface area contributed by atoms with Crippen LogP contribution in [0.3, 0.4) is 0 Å². The number of rotatable bonds is 8. The number of esters is 1. The summed E-state index contributed by atoms with van der Waals surface area (Å²) in [6.07, 6.45) is 5.32. The van der Waals surface area contributed by atoms with Crippen molar-refractivity contribution in [3.05, 3.63) is 40.3 Å². The second-order valence-corrected chi connectivity index (χ2v) is 11.2. The highest BCUT2D eigenvalue weighted by atomic mass is 32.2. The Morgan fingerprint density at radius 1 is 1.21 bits per heavy atom. The van der Waals surface area contributed by atoms with E-state index in [1.165, 1.54) is 35.1 Å². The average molecular weight is 487 g/mol. The molecule has 0 spiro atoms. The molecular formula is C25H30N2O4S2. The number of carbonyl (C=O) groups excluding carboxylic acids is 3. The molecule has 2 amide bonds. The van der Waals surface area contributed by atoms with Crippen molar-refractivity contribution < 1.29 is 19.1 Å². The van der Waals surface area contributed by atoms with Crippen LogP contribution in [0.2, 0.25) is 0 Å². The van der Waals surface area contributed by atoms with Gasteiger partial charge >= 0.3 is 5.97 Å². The number of fused-ring (bicyclic) bond motifs is 1. The number of nitrogens with one attached hydrogen (secondary N) is 2. The number of thiophene rings is 1. The maximum Gasteiger partial charge on any atom is 0.341 e. The molecule has 6 nitrogen and oxygen atoms in total. The van der Waals surface area contributed by atoms with E-state index < -0.39 is 5.97 Å². The van der Waals surface area contributed by atoms with Crippen LogP contribution in [0.15, 0.2) is 29.2 Å². The zero-order valence-electron chi connectivity index (χ0n) is 19.2. The number of amides is 2. The Kier molecular flexibility index (Phi) is 7.44. The lowest BCUT2D eigenvalue weighted by Crippen LogP contribution is -2.25. The van der Waals surface area contributed by atoms with Crippen molar-refractivity contribution >= 4 is 51.6 Å². The molecule has 2 aromatic rings. The maximum atomic E-state index is 13.2. The molecule has 4 rings (SSSR count). The minimum Gasteiger partial charge on any atom is -0.465 e. The summed E-state index contributed by atoms with van der Waals surface area (Å²) < 4.78 is 5.03. The molecular weight excluding hydrogens is 456 g/mol. The maximum absolute atomic E-state index is 13.2. The minimum atomic E-state index is -0.392. The summed E-state index contributed by atoms with van der Waals surface area (Å²) in [5.41, 5.74) is 2.29. The van der Waals surface area contributed by atoms with Gasteiger partial charge in [-0.05, 0) is 68.2 Å². The lowest BCUT2D eigenvalue weighted by Gasteiger charge is -2.18. The molecule has 1 heterocycles. The molecule has 1 saturated carbocycles. The third-order valence-electron chi connectivity index (χ3n) is 6.13. The Balaban J connectivity index is 1.48. The largest absolute Gasteiger partial charge is 0.465 e. The van der Waals surface area contributed by atoms with E-state index in [4.69, 9.17) is 4.74 Å². The van der Waals surface area contributed by atoms with Crippen LogP contribution in [0.25, 0.3) is 0 Å². The van der Waals surface area contributed by atoms with E-state index in [1.807, 2.05) is 31.2 Å². The predicted octanol–water partition coefficient (Wildman–Crippen LogP) is 5.52. The SMILES string of the molecule is CCC(Sc1cccc(NC(=O)C2CC2)c1)C(=O)Nc1sc2c(c1C(=O)OC)CCC(C)C2. The molecule has 0 aliphatic heterocycles. The van der Waals surface area contributed by atoms with Gasteiger partial charge in [0.15, 0.2) is 0 Å². The normalized spacial score (nSPS) is 18.2. The highest BCUT2D eigenvalue weighted by Gasteiger charge is 2.31. The molecule has 0 saturated heterocycles. The van der Waals surface area contributed by atoms with Gasteiger partial charge in [0.25, 0.3) is 0 Å². The number of ether oxygens (including phenoxy) is 1. The van der Waals surface area contributed by atoms with E-state index in [9.17, 15) is 14.4 Å². The molecule has 1 fully saturated rings. The molecule has 0 bridgehead atoms. The molecule has 1 aromatic carbocycles. The second kappa shape index (κ2) is 10.3. The zero-order valence-corrected chi connectivity index (χ0v) is 20.9. The smallest absolute Gasteiger partial charge is 0.341 e. The summed E-state index contributed by atoms with van der Waals surface area (Å²) in [5, 5.41) is 6.25. The predicted molar refractivity (Wildman–Crippen MR) is 133 cm³/mol. The molecule has 0 radical (unpaired) electrons. The molecule has 2 unspecified atom stereocenters. The van der Waals surface area contributed by atoms with Gasteiger partial charge in [0, 0.05) is 21.4 Å². The summed E-state index contributed by atoms with van der Waals surface area (Å²) in [7, 11) is 1.38. The standard InChI is InChI=1S/C25H30N2O4S2/c1-4-19(32-17-7-5-6-16(13-17)26-22(28)15-9-10-15)23(29)27-24-21(25(30)31-3)18-11-8-14(2)12-20(18)33-24/h5-7,13-15,19H,4,8-12H2,1-3H3,(H,26,28)(H,27,29). The van der Waals surface area contributed by atoms with Gasteiger partial charge in [-0.15, -0.1) is 23.1 Å². The molecule has 176 valence electrons. The first kappa shape index (κ1) is 23.8. The molecule has 2 aliphatic carbocycles. The van der Waals surface area contributed by atoms with E-state index in [1.54, 1.807) is 0 Å². The number of methoxy groups -OCH3 is 1. The fourth-order valence-corrected chi connectivity index (χ4v) is 6.49. The number of hydrogen-bond donors (Lipinski definition) is 2. The first-order valence-electron chi connectivity index (χ1n) is 11.5. The van der Waals surface area contributed by atoms with Gasteiger partial charge < -0.3 is 15.4 Å². The number of carbonyl (C=O) groups is 3. The number of thioether (sulfide) groups is 1. The Morgan fingerprint density at radius 2 is 2.00 bits per heavy atom. The van der Waals surface area contributed by atoms with E-state index in [0.717, 1.165) is 48.3 Å². The first-order chi connectivity index (χ1) is 15.9. The van der Waals surface area contributed by atoms with Crippen molar-refractivity contribution in [3.8, 4) is 0 Å². The van der Waals surface area contributed by atoms with Crippen LogP contribution in [-0.2, 0) is 27.2 Å². The van der Waals surface area contributed by atoms with Gasteiger partial charge in [0.1, 0.15) is 5.00 Å². The van der Waals surface area contributed by atoms with Crippen molar-refractivity contribution in [2.24, 2.45) is 11.8 Å². The fourth-order valence-electron chi connectivity index (χ4n) is 4.07. The molecule has 2 atom stereocenters. The summed E-state index contributed by atoms with van der Waals surface area (Å²) >= 11 is 2.96. The van der Waals surface area contributed by atoms with Crippen LogP contribution < -0.4 is 10.6 Å². The Morgan fingerprint density at radius 3 is 2.70 bits per heavy atom. The lowest BCUT2D eigenvalue weighted by atomic mass is 9.88. The van der Waals surface area contributed by atoms with Crippen molar-refractivity contribution in [1.29, 1.82) is 0 Å². The van der Waals surface area contributed by atoms with Gasteiger partial charge in [-0.3, -0.25) is 9.59 Å². The van der Waals surface area contributed by atoms with Gasteiger partial charge in [-0.25, -0.2) is 4.79 Å².